The van der Waals surface area contributed by atoms with Crippen LogP contribution >= 0.6 is 11.6 Å². The number of nitrogens with zero attached hydrogens (tertiary/aromatic N) is 1. The molecule has 0 bridgehead atoms. The lowest BCUT2D eigenvalue weighted by Crippen LogP contribution is -2.41. The minimum Gasteiger partial charge on any atom is -0.492 e. The third-order valence-corrected chi connectivity index (χ3v) is 6.74. The summed E-state index contributed by atoms with van der Waals surface area (Å²) < 4.78 is 33.7. The number of carbonyl (C=O) groups is 2. The summed E-state index contributed by atoms with van der Waals surface area (Å²) in [6.07, 6.45) is 0.839. The normalized spacial score (nSPS) is 23.6. The average Bonchev–Trinajstić information content (AvgIpc) is 2.97. The average molecular weight is 402 g/mol. The maximum absolute atomic E-state index is 12.2. The second kappa shape index (κ2) is 7.44. The quantitative estimate of drug-likeness (QED) is 0.701. The third kappa shape index (κ3) is 4.29. The fourth-order valence-electron chi connectivity index (χ4n) is 3.15. The molecule has 1 fully saturated rings. The molecule has 0 spiro atoms. The lowest BCUT2D eigenvalue weighted by atomic mass is 9.97. The third-order valence-electron chi connectivity index (χ3n) is 4.75. The molecule has 2 atom stereocenters. The predicted octanol–water partition coefficient (Wildman–Crippen LogP) is 1.08. The molecular weight excluding hydrogens is 382 g/mol. The van der Waals surface area contributed by atoms with Crippen molar-refractivity contribution in [1.29, 1.82) is 0 Å². The highest BCUT2D eigenvalue weighted by molar-refractivity contribution is 7.91. The summed E-state index contributed by atoms with van der Waals surface area (Å²) in [6, 6.07) is 4.86. The molecule has 0 aromatic heterocycles. The number of sulfone groups is 1. The number of carbonyl (C=O) groups excluding carboxylic acids is 2. The second-order valence-electron chi connectivity index (χ2n) is 6.63. The van der Waals surface area contributed by atoms with Crippen LogP contribution in [0.2, 0.25) is 5.02 Å². The van der Waals surface area contributed by atoms with E-state index in [1.54, 1.807) is 18.2 Å². The number of ether oxygens (including phenoxy) is 2. The molecule has 2 aliphatic rings. The highest BCUT2D eigenvalue weighted by Crippen LogP contribution is 2.30. The van der Waals surface area contributed by atoms with Gasteiger partial charge in [0.25, 0.3) is 5.91 Å². The molecule has 3 rings (SSSR count). The van der Waals surface area contributed by atoms with Crippen LogP contribution in [0, 0.1) is 5.92 Å². The van der Waals surface area contributed by atoms with Crippen molar-refractivity contribution >= 4 is 33.3 Å². The van der Waals surface area contributed by atoms with Crippen molar-refractivity contribution < 1.29 is 27.5 Å². The highest BCUT2D eigenvalue weighted by atomic mass is 35.5. The molecule has 2 aliphatic heterocycles. The molecule has 7 nitrogen and oxygen atoms in total. The van der Waals surface area contributed by atoms with E-state index in [9.17, 15) is 18.0 Å². The summed E-state index contributed by atoms with van der Waals surface area (Å²) in [5.74, 6) is -0.715. The number of halogens is 1. The van der Waals surface area contributed by atoms with E-state index in [4.69, 9.17) is 21.1 Å². The number of amides is 1. The van der Waals surface area contributed by atoms with E-state index in [0.29, 0.717) is 23.6 Å². The number of hydrogen-bond donors (Lipinski definition) is 0. The molecule has 0 radical (unpaired) electrons. The van der Waals surface area contributed by atoms with Gasteiger partial charge in [-0.2, -0.15) is 0 Å². The van der Waals surface area contributed by atoms with Gasteiger partial charge in [0.05, 0.1) is 17.4 Å². The Labute approximate surface area is 157 Å². The van der Waals surface area contributed by atoms with Gasteiger partial charge in [0.1, 0.15) is 12.4 Å². The molecule has 0 unspecified atom stereocenters. The predicted molar refractivity (Wildman–Crippen MR) is 94.9 cm³/mol. The summed E-state index contributed by atoms with van der Waals surface area (Å²) in [4.78, 5) is 25.8. The van der Waals surface area contributed by atoms with E-state index >= 15 is 0 Å². The summed E-state index contributed by atoms with van der Waals surface area (Å²) in [5.41, 5.74) is 0.824. The molecule has 9 heteroatoms. The second-order valence-corrected chi connectivity index (χ2v) is 9.30. The highest BCUT2D eigenvalue weighted by Gasteiger charge is 2.33. The Balaban J connectivity index is 1.52. The molecular formula is C17H20ClNO6S. The number of hydrogen-bond acceptors (Lipinski definition) is 6. The number of benzene rings is 1. The molecule has 2 heterocycles. The molecule has 142 valence electrons. The SMILES string of the molecule is CN(C(=O)COC(=O)[C@@H]1COc2ccc(Cl)cc2C1)[C@H]1CCS(=O)(=O)C1. The van der Waals surface area contributed by atoms with Gasteiger partial charge < -0.3 is 14.4 Å². The molecule has 1 aromatic carbocycles. The molecule has 1 saturated heterocycles. The van der Waals surface area contributed by atoms with Crippen molar-refractivity contribution in [2.75, 3.05) is 31.8 Å². The van der Waals surface area contributed by atoms with Crippen LogP contribution in [0.5, 0.6) is 5.75 Å². The van der Waals surface area contributed by atoms with Gasteiger partial charge in [-0.3, -0.25) is 9.59 Å². The summed E-state index contributed by atoms with van der Waals surface area (Å²) in [7, 11) is -1.55. The fourth-order valence-corrected chi connectivity index (χ4v) is 5.12. The van der Waals surface area contributed by atoms with Crippen LogP contribution in [0.15, 0.2) is 18.2 Å². The summed E-state index contributed by atoms with van der Waals surface area (Å²) >= 11 is 5.96. The minimum atomic E-state index is -3.08. The molecule has 0 N–H and O–H groups in total. The van der Waals surface area contributed by atoms with Crippen molar-refractivity contribution in [2.24, 2.45) is 5.92 Å². The fraction of sp³-hybridized carbons (Fsp3) is 0.529. The van der Waals surface area contributed by atoms with E-state index in [1.807, 2.05) is 0 Å². The van der Waals surface area contributed by atoms with Crippen molar-refractivity contribution in [1.82, 2.24) is 4.90 Å². The van der Waals surface area contributed by atoms with E-state index in [1.165, 1.54) is 11.9 Å². The zero-order chi connectivity index (χ0) is 18.9. The van der Waals surface area contributed by atoms with Gasteiger partial charge in [0.2, 0.25) is 0 Å². The lowest BCUT2D eigenvalue weighted by molar-refractivity contribution is -0.156. The van der Waals surface area contributed by atoms with Gasteiger partial charge in [-0.15, -0.1) is 0 Å². The number of rotatable bonds is 4. The molecule has 0 saturated carbocycles. The first-order chi connectivity index (χ1) is 12.2. The topological polar surface area (TPSA) is 90.0 Å². The van der Waals surface area contributed by atoms with E-state index in [2.05, 4.69) is 0 Å². The van der Waals surface area contributed by atoms with Crippen LogP contribution in [0.1, 0.15) is 12.0 Å². The van der Waals surface area contributed by atoms with Crippen LogP contribution < -0.4 is 4.74 Å². The molecule has 1 aromatic rings. The number of esters is 1. The maximum Gasteiger partial charge on any atom is 0.313 e. The van der Waals surface area contributed by atoms with Crippen molar-refractivity contribution in [2.45, 2.75) is 18.9 Å². The van der Waals surface area contributed by atoms with Crippen molar-refractivity contribution in [3.8, 4) is 5.75 Å². The van der Waals surface area contributed by atoms with E-state index in [0.717, 1.165) is 5.56 Å². The monoisotopic (exact) mass is 401 g/mol. The number of fused-ring (bicyclic) bond motifs is 1. The van der Waals surface area contributed by atoms with Gasteiger partial charge in [-0.05, 0) is 36.6 Å². The summed E-state index contributed by atoms with van der Waals surface area (Å²) in [6.45, 7) is -0.233. The first-order valence-electron chi connectivity index (χ1n) is 8.29. The maximum atomic E-state index is 12.2. The standard InChI is InChI=1S/C17H20ClNO6S/c1-19(14-4-5-26(22,23)10-14)16(20)9-25-17(21)12-6-11-7-13(18)2-3-15(11)24-8-12/h2-3,7,12,14H,4-6,8-10H2,1H3/t12-,14-/m0/s1. The van der Waals surface area contributed by atoms with Gasteiger partial charge in [0, 0.05) is 18.1 Å². The Hall–Kier alpha value is -1.80. The van der Waals surface area contributed by atoms with Crippen LogP contribution in [0.25, 0.3) is 0 Å². The zero-order valence-corrected chi connectivity index (χ0v) is 15.9. The van der Waals surface area contributed by atoms with E-state index in [-0.39, 0.29) is 24.2 Å². The van der Waals surface area contributed by atoms with Crippen LogP contribution in [-0.4, -0.2) is 63.0 Å². The van der Waals surface area contributed by atoms with Crippen LogP contribution in [0.4, 0.5) is 0 Å². The Morgan fingerprint density at radius 2 is 2.15 bits per heavy atom. The van der Waals surface area contributed by atoms with E-state index < -0.39 is 34.2 Å². The first-order valence-corrected chi connectivity index (χ1v) is 10.5. The molecule has 0 aliphatic carbocycles. The lowest BCUT2D eigenvalue weighted by Gasteiger charge is -2.25. The largest absolute Gasteiger partial charge is 0.492 e. The Morgan fingerprint density at radius 1 is 1.38 bits per heavy atom. The van der Waals surface area contributed by atoms with Crippen molar-refractivity contribution in [3.63, 3.8) is 0 Å². The smallest absolute Gasteiger partial charge is 0.313 e. The Bertz CT molecular complexity index is 825. The van der Waals surface area contributed by atoms with Gasteiger partial charge in [-0.25, -0.2) is 8.42 Å². The van der Waals surface area contributed by atoms with Crippen LogP contribution in [-0.2, 0) is 30.6 Å². The Morgan fingerprint density at radius 3 is 2.85 bits per heavy atom. The van der Waals surface area contributed by atoms with Gasteiger partial charge in [0.15, 0.2) is 16.4 Å². The minimum absolute atomic E-state index is 0.0444. The molecule has 1 amide bonds. The van der Waals surface area contributed by atoms with Crippen LogP contribution in [0.3, 0.4) is 0 Å². The zero-order valence-electron chi connectivity index (χ0n) is 14.3. The Kier molecular flexibility index (Phi) is 5.43. The van der Waals surface area contributed by atoms with Crippen molar-refractivity contribution in [3.05, 3.63) is 28.8 Å². The van der Waals surface area contributed by atoms with Gasteiger partial charge >= 0.3 is 5.97 Å². The number of likely N-dealkylation sites (N-methyl/N-ethyl adjacent to an activating group) is 1. The first kappa shape index (κ1) is 19.0. The van der Waals surface area contributed by atoms with Gasteiger partial charge in [-0.1, -0.05) is 11.6 Å². The molecule has 26 heavy (non-hydrogen) atoms. The summed E-state index contributed by atoms with van der Waals surface area (Å²) in [5, 5.41) is 0.560.